The first-order chi connectivity index (χ1) is 17.1. The van der Waals surface area contributed by atoms with Crippen LogP contribution in [-0.4, -0.2) is 30.6 Å². The Balaban J connectivity index is 1.38. The maximum atomic E-state index is 12.5. The normalized spacial score (nSPS) is 12.5. The number of esters is 1. The topological polar surface area (TPSA) is 130 Å². The quantitative estimate of drug-likeness (QED) is 0.217. The van der Waals surface area contributed by atoms with Crippen molar-refractivity contribution in [3.63, 3.8) is 0 Å². The Labute approximate surface area is 201 Å². The van der Waals surface area contributed by atoms with Gasteiger partial charge in [-0.15, -0.1) is 0 Å². The van der Waals surface area contributed by atoms with Crippen LogP contribution >= 0.6 is 0 Å². The Hall–Kier alpha value is -4.62. The fourth-order valence-electron chi connectivity index (χ4n) is 4.06. The lowest BCUT2D eigenvalue weighted by Crippen LogP contribution is -2.42. The Kier molecular flexibility index (Phi) is 7.40. The molecular formula is C26H22N4O5. The smallest absolute Gasteiger partial charge is 0.407 e. The predicted octanol–water partition coefficient (Wildman–Crippen LogP) is 4.86. The Morgan fingerprint density at radius 1 is 0.886 bits per heavy atom. The molecule has 176 valence electrons. The lowest BCUT2D eigenvalue weighted by Gasteiger charge is -2.17. The number of hydrogen-bond acceptors (Lipinski definition) is 5. The molecule has 0 fully saturated rings. The molecule has 0 unspecified atom stereocenters. The maximum Gasteiger partial charge on any atom is 0.407 e. The molecular weight excluding hydrogens is 448 g/mol. The minimum absolute atomic E-state index is 0.00699. The Morgan fingerprint density at radius 3 is 2.11 bits per heavy atom. The van der Waals surface area contributed by atoms with Gasteiger partial charge in [-0.3, -0.25) is 9.59 Å². The first-order valence-electron chi connectivity index (χ1n) is 11.0. The fourth-order valence-corrected chi connectivity index (χ4v) is 4.06. The van der Waals surface area contributed by atoms with E-state index in [1.807, 2.05) is 54.6 Å². The van der Waals surface area contributed by atoms with Crippen molar-refractivity contribution in [3.8, 4) is 11.1 Å². The zero-order valence-electron chi connectivity index (χ0n) is 18.7. The van der Waals surface area contributed by atoms with E-state index in [0.717, 1.165) is 27.8 Å². The third kappa shape index (κ3) is 5.66. The summed E-state index contributed by atoms with van der Waals surface area (Å²) in [7, 11) is 0. The van der Waals surface area contributed by atoms with Gasteiger partial charge in [-0.05, 0) is 38.5 Å². The van der Waals surface area contributed by atoms with E-state index in [-0.39, 0.29) is 19.1 Å². The van der Waals surface area contributed by atoms with Crippen molar-refractivity contribution in [2.75, 3.05) is 6.61 Å². The molecule has 0 radical (unpaired) electrons. The van der Waals surface area contributed by atoms with Gasteiger partial charge in [0.15, 0.2) is 0 Å². The van der Waals surface area contributed by atoms with Crippen LogP contribution in [0.25, 0.3) is 21.6 Å². The molecule has 0 bridgehead atoms. The molecule has 0 spiro atoms. The second-order valence-electron chi connectivity index (χ2n) is 7.90. The van der Waals surface area contributed by atoms with Crippen molar-refractivity contribution in [1.82, 2.24) is 5.32 Å². The second kappa shape index (κ2) is 11.0. The standard InChI is InChI=1S/C26H22N4O5/c27-30-29-25(32)23(14-24(31)34-15-17-8-2-1-3-9-17)28-26(33)35-16-22-20-12-6-4-10-18(20)19-11-5-7-13-21(19)22/h1-13,22-23H,14-16H2,(H,28,33)/t23-/m0/s1. The fraction of sp³-hybridized carbons (Fsp3) is 0.192. The number of amides is 2. The minimum Gasteiger partial charge on any atom is -0.461 e. The minimum atomic E-state index is -1.41. The van der Waals surface area contributed by atoms with Crippen LogP contribution in [0, 0.1) is 0 Å². The summed E-state index contributed by atoms with van der Waals surface area (Å²) in [5, 5.41) is 5.34. The molecule has 1 aliphatic carbocycles. The van der Waals surface area contributed by atoms with Gasteiger partial charge >= 0.3 is 12.1 Å². The highest BCUT2D eigenvalue weighted by Gasteiger charge is 2.30. The summed E-state index contributed by atoms with van der Waals surface area (Å²) in [5.41, 5.74) is 13.6. The van der Waals surface area contributed by atoms with E-state index in [1.54, 1.807) is 24.3 Å². The van der Waals surface area contributed by atoms with Gasteiger partial charge in [-0.2, -0.15) is 0 Å². The zero-order chi connectivity index (χ0) is 24.6. The molecule has 9 nitrogen and oxygen atoms in total. The number of rotatable bonds is 8. The summed E-state index contributed by atoms with van der Waals surface area (Å²) >= 11 is 0. The van der Waals surface area contributed by atoms with Crippen molar-refractivity contribution in [2.24, 2.45) is 5.11 Å². The number of fused-ring (bicyclic) bond motifs is 3. The molecule has 3 aromatic carbocycles. The Bertz CT molecular complexity index is 1240. The van der Waals surface area contributed by atoms with E-state index in [9.17, 15) is 14.4 Å². The van der Waals surface area contributed by atoms with Gasteiger partial charge in [0.05, 0.1) is 6.42 Å². The molecule has 2 amide bonds. The monoisotopic (exact) mass is 470 g/mol. The van der Waals surface area contributed by atoms with Crippen LogP contribution < -0.4 is 5.32 Å². The predicted molar refractivity (Wildman–Crippen MR) is 127 cm³/mol. The van der Waals surface area contributed by atoms with Crippen LogP contribution in [0.2, 0.25) is 0 Å². The molecule has 0 aromatic heterocycles. The average Bonchev–Trinajstić information content (AvgIpc) is 3.20. The van der Waals surface area contributed by atoms with E-state index < -0.39 is 30.4 Å². The van der Waals surface area contributed by atoms with Crippen molar-refractivity contribution in [3.05, 3.63) is 106 Å². The molecule has 3 aromatic rings. The summed E-state index contributed by atoms with van der Waals surface area (Å²) in [6.07, 6.45) is -1.41. The van der Waals surface area contributed by atoms with E-state index in [4.69, 9.17) is 15.0 Å². The van der Waals surface area contributed by atoms with Crippen molar-refractivity contribution < 1.29 is 23.9 Å². The molecule has 0 saturated heterocycles. The van der Waals surface area contributed by atoms with Crippen LogP contribution in [-0.2, 0) is 25.7 Å². The van der Waals surface area contributed by atoms with Gasteiger partial charge in [-0.25, -0.2) is 4.79 Å². The molecule has 4 rings (SSSR count). The SMILES string of the molecule is [N-]=[N+]=NC(=O)[C@H](CC(=O)OCc1ccccc1)NC(=O)OCC1c2ccccc2-c2ccccc21. The molecule has 0 saturated carbocycles. The third-order valence-corrected chi connectivity index (χ3v) is 5.69. The summed E-state index contributed by atoms with van der Waals surface area (Å²) < 4.78 is 10.6. The number of azide groups is 1. The molecule has 0 aliphatic heterocycles. The molecule has 1 atom stereocenters. The highest BCUT2D eigenvalue weighted by Crippen LogP contribution is 2.44. The molecule has 35 heavy (non-hydrogen) atoms. The Morgan fingerprint density at radius 2 is 1.49 bits per heavy atom. The van der Waals surface area contributed by atoms with Crippen LogP contribution in [0.3, 0.4) is 0 Å². The lowest BCUT2D eigenvalue weighted by molar-refractivity contribution is -0.146. The van der Waals surface area contributed by atoms with Crippen molar-refractivity contribution >= 4 is 18.0 Å². The van der Waals surface area contributed by atoms with Crippen LogP contribution in [0.5, 0.6) is 0 Å². The first-order valence-corrected chi connectivity index (χ1v) is 11.0. The number of benzene rings is 3. The van der Waals surface area contributed by atoms with E-state index >= 15 is 0 Å². The number of nitrogens with one attached hydrogen (secondary N) is 1. The molecule has 9 heteroatoms. The number of carbonyl (C=O) groups excluding carboxylic acids is 3. The molecule has 1 N–H and O–H groups in total. The van der Waals surface area contributed by atoms with Gasteiger partial charge in [-0.1, -0.05) is 78.9 Å². The lowest BCUT2D eigenvalue weighted by atomic mass is 9.98. The summed E-state index contributed by atoms with van der Waals surface area (Å²) in [6.45, 7) is 0.0355. The van der Waals surface area contributed by atoms with E-state index in [0.29, 0.717) is 0 Å². The van der Waals surface area contributed by atoms with Crippen LogP contribution in [0.4, 0.5) is 4.79 Å². The summed E-state index contributed by atoms with van der Waals surface area (Å²) in [6, 6.07) is 23.3. The van der Waals surface area contributed by atoms with Crippen LogP contribution in [0.15, 0.2) is 84.0 Å². The van der Waals surface area contributed by atoms with Gasteiger partial charge < -0.3 is 14.8 Å². The summed E-state index contributed by atoms with van der Waals surface area (Å²) in [5.74, 6) is -1.92. The van der Waals surface area contributed by atoms with Gasteiger partial charge in [0.1, 0.15) is 19.3 Å². The highest BCUT2D eigenvalue weighted by atomic mass is 16.5. The average molecular weight is 470 g/mol. The first kappa shape index (κ1) is 23.5. The summed E-state index contributed by atoms with van der Waals surface area (Å²) in [4.78, 5) is 39.4. The number of alkyl carbamates (subject to hydrolysis) is 1. The van der Waals surface area contributed by atoms with Gasteiger partial charge in [0, 0.05) is 10.8 Å². The van der Waals surface area contributed by atoms with Crippen LogP contribution in [0.1, 0.15) is 29.0 Å². The molecule has 1 aliphatic rings. The molecule has 0 heterocycles. The van der Waals surface area contributed by atoms with Gasteiger partial charge in [0.25, 0.3) is 0 Å². The van der Waals surface area contributed by atoms with E-state index in [2.05, 4.69) is 15.3 Å². The number of nitrogens with zero attached hydrogens (tertiary/aromatic N) is 3. The number of carbonyl (C=O) groups is 3. The third-order valence-electron chi connectivity index (χ3n) is 5.69. The van der Waals surface area contributed by atoms with Crippen molar-refractivity contribution in [2.45, 2.75) is 25.0 Å². The highest BCUT2D eigenvalue weighted by molar-refractivity contribution is 5.90. The second-order valence-corrected chi connectivity index (χ2v) is 7.90. The number of ether oxygens (including phenoxy) is 2. The zero-order valence-corrected chi connectivity index (χ0v) is 18.7. The van der Waals surface area contributed by atoms with E-state index in [1.165, 1.54) is 0 Å². The maximum absolute atomic E-state index is 12.5. The largest absolute Gasteiger partial charge is 0.461 e. The number of hydrogen-bond donors (Lipinski definition) is 1. The van der Waals surface area contributed by atoms with Crippen molar-refractivity contribution in [1.29, 1.82) is 0 Å². The van der Waals surface area contributed by atoms with Gasteiger partial charge in [0.2, 0.25) is 5.91 Å².